The lowest BCUT2D eigenvalue weighted by Crippen LogP contribution is -2.47. The Bertz CT molecular complexity index is 625. The maximum absolute atomic E-state index is 12.5. The molecule has 1 fully saturated rings. The number of β-amino-alcohol motifs (C(OH)–C–C–N with tert-alkyl or cyclic N) is 1. The van der Waals surface area contributed by atoms with E-state index in [9.17, 15) is 9.90 Å². The van der Waals surface area contributed by atoms with E-state index < -0.39 is 6.10 Å². The van der Waals surface area contributed by atoms with Crippen molar-refractivity contribution in [3.05, 3.63) is 42.1 Å². The minimum Gasteiger partial charge on any atom is -0.396 e. The Balaban J connectivity index is 1.70. The Labute approximate surface area is 128 Å². The highest BCUT2D eigenvalue weighted by Gasteiger charge is 2.29. The lowest BCUT2D eigenvalue weighted by atomic mass is 9.94. The molecule has 2 aromatic rings. The zero-order chi connectivity index (χ0) is 15.5. The monoisotopic (exact) mass is 301 g/mol. The van der Waals surface area contributed by atoms with Crippen molar-refractivity contribution in [3.63, 3.8) is 0 Å². The fraction of sp³-hybridized carbons (Fsp3) is 0.375. The number of hydrogen-bond donors (Lipinski definition) is 3. The van der Waals surface area contributed by atoms with E-state index in [1.54, 1.807) is 23.2 Å². The predicted molar refractivity (Wildman–Crippen MR) is 81.1 cm³/mol. The van der Waals surface area contributed by atoms with Gasteiger partial charge in [-0.1, -0.05) is 12.1 Å². The molecule has 6 nitrogen and oxygen atoms in total. The van der Waals surface area contributed by atoms with E-state index in [0.29, 0.717) is 18.5 Å². The number of aromatic amines is 1. The molecule has 1 amide bonds. The number of carbonyl (C=O) groups is 1. The van der Waals surface area contributed by atoms with Crippen molar-refractivity contribution in [3.8, 4) is 11.3 Å². The number of rotatable bonds is 3. The van der Waals surface area contributed by atoms with Crippen LogP contribution in [-0.4, -0.2) is 57.0 Å². The Morgan fingerprint density at radius 2 is 2.09 bits per heavy atom. The van der Waals surface area contributed by atoms with Gasteiger partial charge >= 0.3 is 0 Å². The van der Waals surface area contributed by atoms with Crippen LogP contribution in [-0.2, 0) is 0 Å². The Kier molecular flexibility index (Phi) is 4.22. The number of piperidine rings is 1. The first kappa shape index (κ1) is 14.7. The Morgan fingerprint density at radius 1 is 1.32 bits per heavy atom. The second-order valence-electron chi connectivity index (χ2n) is 5.60. The zero-order valence-corrected chi connectivity index (χ0v) is 12.1. The van der Waals surface area contributed by atoms with Crippen molar-refractivity contribution in [2.45, 2.75) is 12.5 Å². The quantitative estimate of drug-likeness (QED) is 0.785. The number of carbonyl (C=O) groups excluding carboxylic acids is 1. The topological polar surface area (TPSA) is 89.5 Å². The summed E-state index contributed by atoms with van der Waals surface area (Å²) in [6, 6.07) is 9.17. The summed E-state index contributed by atoms with van der Waals surface area (Å²) in [4.78, 5) is 14.1. The molecule has 1 aromatic carbocycles. The standard InChI is InChI=1S/C16H19N3O3/c20-10-13-6-8-19(9-15(13)21)16(22)12-3-1-11(2-4-12)14-5-7-17-18-14/h1-5,7,13,15,20-21H,6,8-10H2,(H,17,18)/t13-,15-/m1/s1. The SMILES string of the molecule is O=C(c1ccc(-c2ccn[nH]2)cc1)N1CC[C@H](CO)[C@H](O)C1. The van der Waals surface area contributed by atoms with E-state index in [1.165, 1.54) is 0 Å². The van der Waals surface area contributed by atoms with Crippen molar-refractivity contribution in [1.82, 2.24) is 15.1 Å². The van der Waals surface area contributed by atoms with Gasteiger partial charge in [-0.05, 0) is 30.2 Å². The minimum atomic E-state index is -0.660. The molecule has 3 N–H and O–H groups in total. The molecule has 1 aliphatic heterocycles. The highest BCUT2D eigenvalue weighted by Crippen LogP contribution is 2.21. The van der Waals surface area contributed by atoms with E-state index in [4.69, 9.17) is 5.11 Å². The third-order valence-electron chi connectivity index (χ3n) is 4.19. The molecule has 0 saturated carbocycles. The molecule has 3 rings (SSSR count). The van der Waals surface area contributed by atoms with E-state index in [2.05, 4.69) is 10.2 Å². The summed E-state index contributed by atoms with van der Waals surface area (Å²) in [6.45, 7) is 0.790. The molecule has 6 heteroatoms. The number of hydrogen-bond acceptors (Lipinski definition) is 4. The number of H-pyrrole nitrogens is 1. The van der Waals surface area contributed by atoms with Crippen LogP contribution in [0, 0.1) is 5.92 Å². The Hall–Kier alpha value is -2.18. The average Bonchev–Trinajstić information content (AvgIpc) is 3.09. The molecular formula is C16H19N3O3. The predicted octanol–water partition coefficient (Wildman–Crippen LogP) is 0.892. The summed E-state index contributed by atoms with van der Waals surface area (Å²) in [5, 5.41) is 25.9. The molecular weight excluding hydrogens is 282 g/mol. The van der Waals surface area contributed by atoms with Crippen molar-refractivity contribution in [2.75, 3.05) is 19.7 Å². The van der Waals surface area contributed by atoms with Gasteiger partial charge in [-0.15, -0.1) is 0 Å². The van der Waals surface area contributed by atoms with Crippen LogP contribution in [0.4, 0.5) is 0 Å². The highest BCUT2D eigenvalue weighted by molar-refractivity contribution is 5.94. The molecule has 0 radical (unpaired) electrons. The second-order valence-corrected chi connectivity index (χ2v) is 5.60. The van der Waals surface area contributed by atoms with Crippen LogP contribution in [0.5, 0.6) is 0 Å². The second kappa shape index (κ2) is 6.29. The maximum atomic E-state index is 12.5. The Morgan fingerprint density at radius 3 is 2.68 bits per heavy atom. The van der Waals surface area contributed by atoms with Crippen molar-refractivity contribution in [2.24, 2.45) is 5.92 Å². The summed E-state index contributed by atoms with van der Waals surface area (Å²) >= 11 is 0. The molecule has 2 heterocycles. The fourth-order valence-electron chi connectivity index (χ4n) is 2.77. The summed E-state index contributed by atoms with van der Waals surface area (Å²) in [5.74, 6) is -0.224. The van der Waals surface area contributed by atoms with Gasteiger partial charge in [-0.3, -0.25) is 9.89 Å². The molecule has 1 saturated heterocycles. The first-order chi connectivity index (χ1) is 10.7. The maximum Gasteiger partial charge on any atom is 0.253 e. The molecule has 1 aliphatic rings. The fourth-order valence-corrected chi connectivity index (χ4v) is 2.77. The molecule has 0 bridgehead atoms. The molecule has 1 aromatic heterocycles. The number of likely N-dealkylation sites (tertiary alicyclic amines) is 1. The van der Waals surface area contributed by atoms with Gasteiger partial charge < -0.3 is 15.1 Å². The first-order valence-corrected chi connectivity index (χ1v) is 7.37. The first-order valence-electron chi connectivity index (χ1n) is 7.37. The van der Waals surface area contributed by atoms with Crippen molar-refractivity contribution >= 4 is 5.91 Å². The number of nitrogens with one attached hydrogen (secondary N) is 1. The number of aliphatic hydroxyl groups excluding tert-OH is 2. The number of aliphatic hydroxyl groups is 2. The molecule has 0 aliphatic carbocycles. The zero-order valence-electron chi connectivity index (χ0n) is 12.1. The van der Waals surface area contributed by atoms with Gasteiger partial charge in [-0.25, -0.2) is 0 Å². The largest absolute Gasteiger partial charge is 0.396 e. The van der Waals surface area contributed by atoms with Crippen LogP contribution in [0.15, 0.2) is 36.5 Å². The van der Waals surface area contributed by atoms with Crippen LogP contribution in [0.25, 0.3) is 11.3 Å². The van der Waals surface area contributed by atoms with Crippen LogP contribution in [0.1, 0.15) is 16.8 Å². The number of nitrogens with zero attached hydrogens (tertiary/aromatic N) is 2. The van der Waals surface area contributed by atoms with Gasteiger partial charge in [0.05, 0.1) is 11.8 Å². The molecule has 0 spiro atoms. The lowest BCUT2D eigenvalue weighted by molar-refractivity contribution is 0.000878. The van der Waals surface area contributed by atoms with Gasteiger partial charge in [0.25, 0.3) is 5.91 Å². The van der Waals surface area contributed by atoms with Crippen LogP contribution in [0.2, 0.25) is 0 Å². The molecule has 22 heavy (non-hydrogen) atoms. The highest BCUT2D eigenvalue weighted by atomic mass is 16.3. The van der Waals surface area contributed by atoms with Gasteiger partial charge in [0.15, 0.2) is 0 Å². The molecule has 116 valence electrons. The van der Waals surface area contributed by atoms with Crippen molar-refractivity contribution in [1.29, 1.82) is 0 Å². The van der Waals surface area contributed by atoms with Crippen LogP contribution < -0.4 is 0 Å². The summed E-state index contributed by atoms with van der Waals surface area (Å²) in [6.07, 6.45) is 1.64. The van der Waals surface area contributed by atoms with Gasteiger partial charge in [-0.2, -0.15) is 5.10 Å². The van der Waals surface area contributed by atoms with E-state index in [1.807, 2.05) is 18.2 Å². The lowest BCUT2D eigenvalue weighted by Gasteiger charge is -2.35. The average molecular weight is 301 g/mol. The summed E-state index contributed by atoms with van der Waals surface area (Å²) in [7, 11) is 0. The summed E-state index contributed by atoms with van der Waals surface area (Å²) in [5.41, 5.74) is 2.46. The number of amides is 1. The number of aromatic nitrogens is 2. The minimum absolute atomic E-state index is 0.0396. The molecule has 0 unspecified atom stereocenters. The van der Waals surface area contributed by atoms with E-state index in [-0.39, 0.29) is 25.0 Å². The molecule has 2 atom stereocenters. The third kappa shape index (κ3) is 2.88. The summed E-state index contributed by atoms with van der Waals surface area (Å²) < 4.78 is 0. The smallest absolute Gasteiger partial charge is 0.253 e. The van der Waals surface area contributed by atoms with Crippen LogP contribution >= 0.6 is 0 Å². The third-order valence-corrected chi connectivity index (χ3v) is 4.19. The normalized spacial score (nSPS) is 21.8. The van der Waals surface area contributed by atoms with Crippen molar-refractivity contribution < 1.29 is 15.0 Å². The van der Waals surface area contributed by atoms with Crippen LogP contribution in [0.3, 0.4) is 0 Å². The van der Waals surface area contributed by atoms with Gasteiger partial charge in [0.1, 0.15) is 0 Å². The van der Waals surface area contributed by atoms with E-state index in [0.717, 1.165) is 11.3 Å². The van der Waals surface area contributed by atoms with Gasteiger partial charge in [0, 0.05) is 37.4 Å². The number of benzene rings is 1. The van der Waals surface area contributed by atoms with E-state index >= 15 is 0 Å². The van der Waals surface area contributed by atoms with Gasteiger partial charge in [0.2, 0.25) is 0 Å².